The Kier molecular flexibility index (Phi) is 3.24. The van der Waals surface area contributed by atoms with Gasteiger partial charge < -0.3 is 4.90 Å². The van der Waals surface area contributed by atoms with Gasteiger partial charge in [0.1, 0.15) is 0 Å². The second-order valence-electron chi connectivity index (χ2n) is 3.63. The molecule has 0 saturated carbocycles. The van der Waals surface area contributed by atoms with Crippen molar-refractivity contribution in [3.05, 3.63) is 24.0 Å². The summed E-state index contributed by atoms with van der Waals surface area (Å²) in [6.07, 6.45) is 2.59. The number of amides is 1. The molecule has 1 amide bonds. The first-order valence-corrected chi connectivity index (χ1v) is 5.07. The second-order valence-corrected chi connectivity index (χ2v) is 3.63. The summed E-state index contributed by atoms with van der Waals surface area (Å²) in [5.74, 6) is 0. The zero-order valence-corrected chi connectivity index (χ0v) is 8.54. The molecule has 15 heavy (non-hydrogen) atoms. The number of aromatic nitrogens is 2. The summed E-state index contributed by atoms with van der Waals surface area (Å²) in [6.45, 7) is 4.26. The molecule has 0 aliphatic carbocycles. The molecule has 1 aliphatic rings. The highest BCUT2D eigenvalue weighted by Gasteiger charge is 2.15. The van der Waals surface area contributed by atoms with E-state index in [0.29, 0.717) is 0 Å². The summed E-state index contributed by atoms with van der Waals surface area (Å²) >= 11 is 0. The molecule has 1 saturated heterocycles. The molecule has 2 heterocycles. The largest absolute Gasteiger partial charge is 0.343 e. The van der Waals surface area contributed by atoms with Crippen LogP contribution in [0.25, 0.3) is 0 Å². The zero-order chi connectivity index (χ0) is 10.5. The van der Waals surface area contributed by atoms with Gasteiger partial charge in [-0.2, -0.15) is 10.2 Å². The van der Waals surface area contributed by atoms with Crippen LogP contribution < -0.4 is 0 Å². The zero-order valence-electron chi connectivity index (χ0n) is 8.54. The number of hydrogen-bond acceptors (Lipinski definition) is 4. The van der Waals surface area contributed by atoms with E-state index < -0.39 is 0 Å². The number of rotatable bonds is 3. The highest BCUT2D eigenvalue weighted by atomic mass is 16.1. The molecule has 5 heteroatoms. The first kappa shape index (κ1) is 10.0. The van der Waals surface area contributed by atoms with E-state index >= 15 is 0 Å². The van der Waals surface area contributed by atoms with Crippen LogP contribution in [0.5, 0.6) is 0 Å². The summed E-state index contributed by atoms with van der Waals surface area (Å²) in [4.78, 5) is 14.6. The first-order valence-electron chi connectivity index (χ1n) is 5.07. The van der Waals surface area contributed by atoms with Gasteiger partial charge in [0.05, 0.1) is 5.69 Å². The predicted octanol–water partition coefficient (Wildman–Crippen LogP) is -0.249. The number of hydrogen-bond donors (Lipinski definition) is 0. The van der Waals surface area contributed by atoms with Gasteiger partial charge in [-0.15, -0.1) is 0 Å². The number of carbonyl (C=O) groups excluding carboxylic acids is 1. The first-order chi connectivity index (χ1) is 7.38. The molecule has 0 atom stereocenters. The third-order valence-corrected chi connectivity index (χ3v) is 2.57. The summed E-state index contributed by atoms with van der Waals surface area (Å²) in [5.41, 5.74) is 0.983. The third-order valence-electron chi connectivity index (χ3n) is 2.57. The van der Waals surface area contributed by atoms with E-state index in [-0.39, 0.29) is 0 Å². The summed E-state index contributed by atoms with van der Waals surface area (Å²) in [5, 5.41) is 7.88. The lowest BCUT2D eigenvalue weighted by Crippen LogP contribution is -2.45. The average Bonchev–Trinajstić information content (AvgIpc) is 2.31. The van der Waals surface area contributed by atoms with E-state index in [1.54, 1.807) is 11.1 Å². The van der Waals surface area contributed by atoms with Gasteiger partial charge in [-0.3, -0.25) is 9.69 Å². The van der Waals surface area contributed by atoms with Crippen molar-refractivity contribution in [2.24, 2.45) is 0 Å². The Hall–Kier alpha value is -1.49. The Bertz CT molecular complexity index is 308. The summed E-state index contributed by atoms with van der Waals surface area (Å²) in [6, 6.07) is 3.86. The highest BCUT2D eigenvalue weighted by molar-refractivity contribution is 5.47. The van der Waals surface area contributed by atoms with Crippen molar-refractivity contribution in [3.8, 4) is 0 Å². The molecular formula is C10H14N4O. The number of carbonyl (C=O) groups is 1. The summed E-state index contributed by atoms with van der Waals surface area (Å²) < 4.78 is 0. The molecule has 1 aromatic heterocycles. The molecule has 0 unspecified atom stereocenters. The second kappa shape index (κ2) is 4.84. The fraction of sp³-hybridized carbons (Fsp3) is 0.500. The van der Waals surface area contributed by atoms with Crippen LogP contribution in [0.4, 0.5) is 0 Å². The van der Waals surface area contributed by atoms with Crippen LogP contribution in [0.3, 0.4) is 0 Å². The van der Waals surface area contributed by atoms with Crippen molar-refractivity contribution >= 4 is 6.41 Å². The lowest BCUT2D eigenvalue weighted by molar-refractivity contribution is -0.119. The van der Waals surface area contributed by atoms with Crippen LogP contribution in [-0.4, -0.2) is 52.6 Å². The van der Waals surface area contributed by atoms with Gasteiger partial charge in [0.15, 0.2) is 0 Å². The normalized spacial score (nSPS) is 17.7. The van der Waals surface area contributed by atoms with Gasteiger partial charge in [-0.1, -0.05) is 0 Å². The van der Waals surface area contributed by atoms with Crippen molar-refractivity contribution < 1.29 is 4.79 Å². The Labute approximate surface area is 88.7 Å². The van der Waals surface area contributed by atoms with Gasteiger partial charge in [0, 0.05) is 38.9 Å². The monoisotopic (exact) mass is 206 g/mol. The summed E-state index contributed by atoms with van der Waals surface area (Å²) in [7, 11) is 0. The lowest BCUT2D eigenvalue weighted by atomic mass is 10.3. The van der Waals surface area contributed by atoms with Crippen LogP contribution in [0.2, 0.25) is 0 Å². The van der Waals surface area contributed by atoms with Crippen LogP contribution in [-0.2, 0) is 11.3 Å². The van der Waals surface area contributed by atoms with Gasteiger partial charge in [0.2, 0.25) is 6.41 Å². The molecule has 0 radical (unpaired) electrons. The third kappa shape index (κ3) is 2.73. The van der Waals surface area contributed by atoms with Crippen LogP contribution in [0.1, 0.15) is 5.69 Å². The molecule has 5 nitrogen and oxygen atoms in total. The minimum absolute atomic E-state index is 0.809. The van der Waals surface area contributed by atoms with Crippen molar-refractivity contribution in [3.63, 3.8) is 0 Å². The van der Waals surface area contributed by atoms with Gasteiger partial charge in [0.25, 0.3) is 0 Å². The predicted molar refractivity (Wildman–Crippen MR) is 54.9 cm³/mol. The van der Waals surface area contributed by atoms with Crippen LogP contribution >= 0.6 is 0 Å². The Morgan fingerprint density at radius 1 is 1.33 bits per heavy atom. The molecule has 80 valence electrons. The number of piperazine rings is 1. The topological polar surface area (TPSA) is 49.3 Å². The Balaban J connectivity index is 1.85. The maximum Gasteiger partial charge on any atom is 0.209 e. The van der Waals surface area contributed by atoms with E-state index in [1.807, 2.05) is 12.1 Å². The van der Waals surface area contributed by atoms with Crippen LogP contribution in [0.15, 0.2) is 18.3 Å². The van der Waals surface area contributed by atoms with Gasteiger partial charge >= 0.3 is 0 Å². The Morgan fingerprint density at radius 2 is 2.13 bits per heavy atom. The molecule has 1 fully saturated rings. The fourth-order valence-electron chi connectivity index (χ4n) is 1.67. The molecule has 0 N–H and O–H groups in total. The average molecular weight is 206 g/mol. The van der Waals surface area contributed by atoms with Crippen molar-refractivity contribution in [2.75, 3.05) is 26.2 Å². The van der Waals surface area contributed by atoms with E-state index in [2.05, 4.69) is 15.1 Å². The van der Waals surface area contributed by atoms with Gasteiger partial charge in [-0.25, -0.2) is 0 Å². The smallest absolute Gasteiger partial charge is 0.209 e. The van der Waals surface area contributed by atoms with E-state index in [4.69, 9.17) is 0 Å². The van der Waals surface area contributed by atoms with E-state index in [0.717, 1.165) is 44.8 Å². The van der Waals surface area contributed by atoms with Crippen LogP contribution in [0, 0.1) is 0 Å². The van der Waals surface area contributed by atoms with Crippen molar-refractivity contribution in [1.29, 1.82) is 0 Å². The molecular weight excluding hydrogens is 192 g/mol. The molecule has 1 aromatic rings. The molecule has 1 aliphatic heterocycles. The molecule has 0 aromatic carbocycles. The molecule has 0 bridgehead atoms. The SMILES string of the molecule is O=CN1CCN(Cc2cccnn2)CC1. The van der Waals surface area contributed by atoms with Crippen molar-refractivity contribution in [1.82, 2.24) is 20.0 Å². The lowest BCUT2D eigenvalue weighted by Gasteiger charge is -2.31. The fourth-order valence-corrected chi connectivity index (χ4v) is 1.67. The minimum atomic E-state index is 0.809. The maximum absolute atomic E-state index is 10.5. The van der Waals surface area contributed by atoms with E-state index in [9.17, 15) is 4.79 Å². The standard InChI is InChI=1S/C10H14N4O/c15-9-14-6-4-13(5-7-14)8-10-2-1-3-11-12-10/h1-3,9H,4-8H2. The maximum atomic E-state index is 10.5. The van der Waals surface area contributed by atoms with Crippen molar-refractivity contribution in [2.45, 2.75) is 6.54 Å². The highest BCUT2D eigenvalue weighted by Crippen LogP contribution is 2.04. The quantitative estimate of drug-likeness (QED) is 0.640. The van der Waals surface area contributed by atoms with Gasteiger partial charge in [-0.05, 0) is 12.1 Å². The Morgan fingerprint density at radius 3 is 2.73 bits per heavy atom. The molecule has 0 spiro atoms. The minimum Gasteiger partial charge on any atom is -0.343 e. The van der Waals surface area contributed by atoms with E-state index in [1.165, 1.54) is 0 Å². The molecule has 2 rings (SSSR count). The number of nitrogens with zero attached hydrogens (tertiary/aromatic N) is 4.